The Balaban J connectivity index is 1.96. The fourth-order valence-electron chi connectivity index (χ4n) is 2.68. The minimum atomic E-state index is -0.655. The molecule has 7 nitrogen and oxygen atoms in total. The first-order valence-electron chi connectivity index (χ1n) is 9.22. The highest BCUT2D eigenvalue weighted by atomic mass is 32.1. The maximum atomic E-state index is 12.7. The molecule has 3 rings (SSSR count). The lowest BCUT2D eigenvalue weighted by atomic mass is 10.1. The maximum absolute atomic E-state index is 12.7. The number of nitriles is 1. The Morgan fingerprint density at radius 3 is 2.77 bits per heavy atom. The monoisotopic (exact) mass is 420 g/mol. The molecular weight excluding hydrogens is 400 g/mol. The van der Waals surface area contributed by atoms with Crippen LogP contribution in [0.4, 0.5) is 0 Å². The van der Waals surface area contributed by atoms with Gasteiger partial charge < -0.3 is 9.84 Å². The Kier molecular flexibility index (Phi) is 6.78. The third-order valence-electron chi connectivity index (χ3n) is 4.20. The molecule has 0 bridgehead atoms. The highest BCUT2D eigenvalue weighted by Crippen LogP contribution is 2.27. The lowest BCUT2D eigenvalue weighted by Gasteiger charge is -2.04. The number of amides is 1. The topological polar surface area (TPSA) is 100 Å². The van der Waals surface area contributed by atoms with E-state index in [1.54, 1.807) is 10.7 Å². The first-order chi connectivity index (χ1) is 14.5. The zero-order valence-electron chi connectivity index (χ0n) is 16.6. The summed E-state index contributed by atoms with van der Waals surface area (Å²) in [5, 5.41) is 24.5. The van der Waals surface area contributed by atoms with E-state index in [1.165, 1.54) is 36.7 Å². The van der Waals surface area contributed by atoms with Crippen LogP contribution in [-0.2, 0) is 17.8 Å². The van der Waals surface area contributed by atoms with Gasteiger partial charge in [-0.25, -0.2) is 4.68 Å². The molecule has 1 aromatic heterocycles. The van der Waals surface area contributed by atoms with Gasteiger partial charge in [-0.05, 0) is 35.8 Å². The summed E-state index contributed by atoms with van der Waals surface area (Å²) < 4.78 is 6.74. The summed E-state index contributed by atoms with van der Waals surface area (Å²) in [6, 6.07) is 16.2. The molecule has 1 heterocycles. The molecule has 0 aliphatic rings. The highest BCUT2D eigenvalue weighted by molar-refractivity contribution is 7.08. The van der Waals surface area contributed by atoms with E-state index in [0.29, 0.717) is 16.9 Å². The largest absolute Gasteiger partial charge is 0.504 e. The molecular formula is C22H20N4O3S. The highest BCUT2D eigenvalue weighted by Gasteiger charge is 2.12. The molecule has 0 spiro atoms. The van der Waals surface area contributed by atoms with Crippen LogP contribution in [0.25, 0.3) is 6.08 Å². The SMILES string of the molecule is CCc1nn(Cc2ccccc2)c(=NC(=O)/C(C#N)=C/c2ccc(O)c(OC)c2)s1. The molecule has 0 fully saturated rings. The van der Waals surface area contributed by atoms with Crippen LogP contribution >= 0.6 is 11.3 Å². The van der Waals surface area contributed by atoms with Crippen molar-refractivity contribution in [2.24, 2.45) is 4.99 Å². The Morgan fingerprint density at radius 1 is 1.33 bits per heavy atom. The Labute approximate surface area is 177 Å². The van der Waals surface area contributed by atoms with E-state index in [-0.39, 0.29) is 17.1 Å². The van der Waals surface area contributed by atoms with Crippen molar-refractivity contribution < 1.29 is 14.6 Å². The standard InChI is InChI=1S/C22H20N4O3S/c1-3-20-25-26(14-15-7-5-4-6-8-15)22(30-20)24-21(28)17(13-23)11-16-9-10-18(27)19(12-16)29-2/h4-12,27H,3,14H2,1-2H3/b17-11+,24-22?. The predicted molar refractivity (Wildman–Crippen MR) is 114 cm³/mol. The van der Waals surface area contributed by atoms with Gasteiger partial charge in [-0.2, -0.15) is 15.4 Å². The van der Waals surface area contributed by atoms with Crippen molar-refractivity contribution in [2.75, 3.05) is 7.11 Å². The molecule has 0 radical (unpaired) electrons. The Morgan fingerprint density at radius 2 is 2.10 bits per heavy atom. The Bertz CT molecular complexity index is 1190. The summed E-state index contributed by atoms with van der Waals surface area (Å²) in [5.74, 6) is -0.429. The van der Waals surface area contributed by atoms with E-state index in [1.807, 2.05) is 43.3 Å². The van der Waals surface area contributed by atoms with Crippen LogP contribution in [0.1, 0.15) is 23.1 Å². The number of aryl methyl sites for hydroxylation is 1. The quantitative estimate of drug-likeness (QED) is 0.487. The van der Waals surface area contributed by atoms with E-state index >= 15 is 0 Å². The number of rotatable bonds is 6. The minimum Gasteiger partial charge on any atom is -0.504 e. The molecule has 1 amide bonds. The van der Waals surface area contributed by atoms with Gasteiger partial charge in [0.25, 0.3) is 5.91 Å². The van der Waals surface area contributed by atoms with Crippen LogP contribution < -0.4 is 9.54 Å². The number of benzene rings is 2. The van der Waals surface area contributed by atoms with Crippen molar-refractivity contribution in [2.45, 2.75) is 19.9 Å². The number of aromatic hydroxyl groups is 1. The molecule has 0 aliphatic carbocycles. The summed E-state index contributed by atoms with van der Waals surface area (Å²) in [7, 11) is 1.43. The number of carbonyl (C=O) groups excluding carboxylic acids is 1. The lowest BCUT2D eigenvalue weighted by Crippen LogP contribution is -2.19. The lowest BCUT2D eigenvalue weighted by molar-refractivity contribution is -0.114. The summed E-state index contributed by atoms with van der Waals surface area (Å²) in [6.45, 7) is 2.46. The number of ether oxygens (including phenoxy) is 1. The van der Waals surface area contributed by atoms with Crippen molar-refractivity contribution in [1.82, 2.24) is 9.78 Å². The van der Waals surface area contributed by atoms with Crippen LogP contribution in [0, 0.1) is 11.3 Å². The van der Waals surface area contributed by atoms with E-state index < -0.39 is 5.91 Å². The smallest absolute Gasteiger partial charge is 0.290 e. The average Bonchev–Trinajstić information content (AvgIpc) is 3.15. The van der Waals surface area contributed by atoms with Crippen molar-refractivity contribution >= 4 is 23.3 Å². The second kappa shape index (κ2) is 9.67. The van der Waals surface area contributed by atoms with Crippen molar-refractivity contribution in [3.8, 4) is 17.6 Å². The van der Waals surface area contributed by atoms with Gasteiger partial charge in [0.1, 0.15) is 16.6 Å². The van der Waals surface area contributed by atoms with E-state index in [9.17, 15) is 15.2 Å². The summed E-state index contributed by atoms with van der Waals surface area (Å²) in [4.78, 5) is 17.3. The fourth-order valence-corrected chi connectivity index (χ4v) is 3.51. The maximum Gasteiger partial charge on any atom is 0.290 e. The number of phenolic OH excluding ortho intramolecular Hbond substituents is 1. The van der Waals surface area contributed by atoms with Gasteiger partial charge in [-0.1, -0.05) is 54.7 Å². The third-order valence-corrected chi connectivity index (χ3v) is 5.29. The molecule has 152 valence electrons. The van der Waals surface area contributed by atoms with Crippen molar-refractivity contribution in [1.29, 1.82) is 5.26 Å². The van der Waals surface area contributed by atoms with Crippen LogP contribution in [0.2, 0.25) is 0 Å². The molecule has 0 saturated heterocycles. The minimum absolute atomic E-state index is 0.0251. The summed E-state index contributed by atoms with van der Waals surface area (Å²) in [6.07, 6.45) is 2.13. The number of aromatic nitrogens is 2. The number of hydrogen-bond acceptors (Lipinski definition) is 6. The van der Waals surface area contributed by atoms with E-state index in [0.717, 1.165) is 17.0 Å². The first-order valence-corrected chi connectivity index (χ1v) is 10.0. The predicted octanol–water partition coefficient (Wildman–Crippen LogP) is 3.30. The normalized spacial score (nSPS) is 11.9. The number of hydrogen-bond donors (Lipinski definition) is 1. The molecule has 8 heteroatoms. The van der Waals surface area contributed by atoms with Gasteiger partial charge in [0.2, 0.25) is 4.80 Å². The van der Waals surface area contributed by atoms with Gasteiger partial charge in [0, 0.05) is 0 Å². The molecule has 0 aliphatic heterocycles. The van der Waals surface area contributed by atoms with E-state index in [2.05, 4.69) is 10.1 Å². The first kappa shape index (κ1) is 21.0. The van der Waals surface area contributed by atoms with Crippen LogP contribution in [0.5, 0.6) is 11.5 Å². The third kappa shape index (κ3) is 5.01. The van der Waals surface area contributed by atoms with Crippen molar-refractivity contribution in [3.05, 3.63) is 75.0 Å². The second-order valence-electron chi connectivity index (χ2n) is 6.29. The van der Waals surface area contributed by atoms with Crippen LogP contribution in [-0.4, -0.2) is 27.9 Å². The Hall–Kier alpha value is -3.70. The van der Waals surface area contributed by atoms with Gasteiger partial charge in [-0.15, -0.1) is 0 Å². The molecule has 0 saturated carbocycles. The zero-order valence-corrected chi connectivity index (χ0v) is 17.4. The van der Waals surface area contributed by atoms with Crippen molar-refractivity contribution in [3.63, 3.8) is 0 Å². The average molecular weight is 420 g/mol. The van der Waals surface area contributed by atoms with Gasteiger partial charge in [0.15, 0.2) is 11.5 Å². The molecule has 30 heavy (non-hydrogen) atoms. The van der Waals surface area contributed by atoms with Gasteiger partial charge >= 0.3 is 0 Å². The summed E-state index contributed by atoms with van der Waals surface area (Å²) in [5.41, 5.74) is 1.45. The summed E-state index contributed by atoms with van der Waals surface area (Å²) >= 11 is 1.32. The van der Waals surface area contributed by atoms with Crippen LogP contribution in [0.15, 0.2) is 59.1 Å². The second-order valence-corrected chi connectivity index (χ2v) is 7.33. The van der Waals surface area contributed by atoms with E-state index in [4.69, 9.17) is 4.74 Å². The van der Waals surface area contributed by atoms with Crippen LogP contribution in [0.3, 0.4) is 0 Å². The fraction of sp³-hybridized carbons (Fsp3) is 0.182. The number of carbonyl (C=O) groups is 1. The molecule has 0 unspecified atom stereocenters. The number of methoxy groups -OCH3 is 1. The zero-order chi connectivity index (χ0) is 21.5. The molecule has 0 atom stereocenters. The number of phenols is 1. The molecule has 3 aromatic rings. The molecule has 1 N–H and O–H groups in total. The van der Waals surface area contributed by atoms with Gasteiger partial charge in [0.05, 0.1) is 13.7 Å². The molecule has 2 aromatic carbocycles. The number of nitrogens with zero attached hydrogens (tertiary/aromatic N) is 4. The van der Waals surface area contributed by atoms with Gasteiger partial charge in [-0.3, -0.25) is 4.79 Å².